The summed E-state index contributed by atoms with van der Waals surface area (Å²) in [7, 11) is 1.48. The van der Waals surface area contributed by atoms with Gasteiger partial charge < -0.3 is 15.2 Å². The molecule has 1 amide bonds. The Morgan fingerprint density at radius 1 is 1.25 bits per heavy atom. The molecule has 122 valence electrons. The largest absolute Gasteiger partial charge is 0.504 e. The molecule has 3 rings (SSSR count). The monoisotopic (exact) mass is 340 g/mol. The van der Waals surface area contributed by atoms with E-state index < -0.39 is 0 Å². The second kappa shape index (κ2) is 6.80. The highest BCUT2D eigenvalue weighted by atomic mass is 32.2. The fraction of sp³-hybridized carbons (Fsp3) is 0.111. The molecule has 2 aromatic rings. The fourth-order valence-electron chi connectivity index (χ4n) is 2.21. The second-order valence-corrected chi connectivity index (χ2v) is 6.23. The maximum Gasteiger partial charge on any atom is 0.264 e. The molecule has 0 aliphatic carbocycles. The molecule has 1 aliphatic heterocycles. The molecule has 1 heterocycles. The number of benzene rings is 2. The number of methoxy groups -OCH3 is 1. The van der Waals surface area contributed by atoms with Crippen molar-refractivity contribution >= 4 is 34.6 Å². The summed E-state index contributed by atoms with van der Waals surface area (Å²) in [6.07, 6.45) is 1.74. The highest BCUT2D eigenvalue weighted by molar-refractivity contribution is 8.18. The van der Waals surface area contributed by atoms with Gasteiger partial charge in [0.2, 0.25) is 0 Å². The van der Waals surface area contributed by atoms with Gasteiger partial charge in [-0.3, -0.25) is 4.79 Å². The smallest absolute Gasteiger partial charge is 0.264 e. The molecule has 0 saturated carbocycles. The second-order valence-electron chi connectivity index (χ2n) is 5.20. The molecule has 0 spiro atoms. The van der Waals surface area contributed by atoms with E-state index in [-0.39, 0.29) is 11.7 Å². The molecule has 0 atom stereocenters. The molecule has 6 heteroatoms. The van der Waals surface area contributed by atoms with Gasteiger partial charge in [-0.2, -0.15) is 0 Å². The van der Waals surface area contributed by atoms with Crippen LogP contribution in [0.15, 0.2) is 52.4 Å². The predicted octanol–water partition coefficient (Wildman–Crippen LogP) is 3.60. The fourth-order valence-corrected chi connectivity index (χ4v) is 3.05. The zero-order chi connectivity index (χ0) is 17.1. The Bertz CT molecular complexity index is 859. The summed E-state index contributed by atoms with van der Waals surface area (Å²) in [5.74, 6) is 0.228. The standard InChI is InChI=1S/C18H16N2O3S/c1-11-5-3-4-6-13(11)19-18-20-17(22)16(24-18)10-12-7-8-14(21)15(9-12)23-2/h3-10,21H,1-2H3,(H,19,20,22)/b16-10+. The number of para-hydroxylation sites is 1. The summed E-state index contributed by atoms with van der Waals surface area (Å²) < 4.78 is 5.08. The topological polar surface area (TPSA) is 70.9 Å². The van der Waals surface area contributed by atoms with Gasteiger partial charge in [-0.15, -0.1) is 0 Å². The van der Waals surface area contributed by atoms with E-state index in [9.17, 15) is 9.90 Å². The Morgan fingerprint density at radius 3 is 2.79 bits per heavy atom. The Balaban J connectivity index is 1.86. The van der Waals surface area contributed by atoms with Gasteiger partial charge in [0.05, 0.1) is 17.7 Å². The zero-order valence-corrected chi connectivity index (χ0v) is 14.1. The van der Waals surface area contributed by atoms with Gasteiger partial charge in [0.25, 0.3) is 5.91 Å². The summed E-state index contributed by atoms with van der Waals surface area (Å²) in [6.45, 7) is 1.97. The molecule has 0 aromatic heterocycles. The molecule has 1 saturated heterocycles. The van der Waals surface area contributed by atoms with E-state index in [1.165, 1.54) is 24.9 Å². The molecule has 0 bridgehead atoms. The van der Waals surface area contributed by atoms with Crippen LogP contribution in [0, 0.1) is 6.92 Å². The SMILES string of the molecule is COc1cc(/C=C2/SC(=Nc3ccccc3C)NC2=O)ccc1O. The number of phenols is 1. The number of ether oxygens (including phenoxy) is 1. The number of amidine groups is 1. The first-order chi connectivity index (χ1) is 11.6. The first kappa shape index (κ1) is 16.1. The average molecular weight is 340 g/mol. The summed E-state index contributed by atoms with van der Waals surface area (Å²) in [4.78, 5) is 17.2. The third-order valence-corrected chi connectivity index (χ3v) is 4.40. The van der Waals surface area contributed by atoms with Crippen LogP contribution in [-0.4, -0.2) is 23.3 Å². The van der Waals surface area contributed by atoms with Crippen molar-refractivity contribution in [1.82, 2.24) is 5.32 Å². The molecule has 5 nitrogen and oxygen atoms in total. The minimum atomic E-state index is -0.195. The van der Waals surface area contributed by atoms with Crippen molar-refractivity contribution in [3.63, 3.8) is 0 Å². The molecule has 0 radical (unpaired) electrons. The van der Waals surface area contributed by atoms with Gasteiger partial charge in [-0.25, -0.2) is 4.99 Å². The van der Waals surface area contributed by atoms with E-state index in [1.54, 1.807) is 18.2 Å². The van der Waals surface area contributed by atoms with Crippen molar-refractivity contribution < 1.29 is 14.6 Å². The van der Waals surface area contributed by atoms with E-state index in [4.69, 9.17) is 4.74 Å². The summed E-state index contributed by atoms with van der Waals surface area (Å²) >= 11 is 1.28. The van der Waals surface area contributed by atoms with Crippen LogP contribution < -0.4 is 10.1 Å². The molecular weight excluding hydrogens is 324 g/mol. The molecular formula is C18H16N2O3S. The lowest BCUT2D eigenvalue weighted by Crippen LogP contribution is -2.19. The average Bonchev–Trinajstić information content (AvgIpc) is 2.91. The van der Waals surface area contributed by atoms with Crippen LogP contribution in [0.4, 0.5) is 5.69 Å². The number of rotatable bonds is 3. The molecule has 2 N–H and O–H groups in total. The quantitative estimate of drug-likeness (QED) is 0.838. The van der Waals surface area contributed by atoms with Crippen LogP contribution in [-0.2, 0) is 4.79 Å². The van der Waals surface area contributed by atoms with Crippen LogP contribution in [0.2, 0.25) is 0 Å². The minimum Gasteiger partial charge on any atom is -0.504 e. The van der Waals surface area contributed by atoms with Crippen LogP contribution >= 0.6 is 11.8 Å². The first-order valence-corrected chi connectivity index (χ1v) is 8.10. The number of hydrogen-bond donors (Lipinski definition) is 2. The third-order valence-electron chi connectivity index (χ3n) is 3.49. The van der Waals surface area contributed by atoms with Crippen molar-refractivity contribution in [3.05, 3.63) is 58.5 Å². The number of carbonyl (C=O) groups excluding carboxylic acids is 1. The number of phenolic OH excluding ortho intramolecular Hbond substituents is 1. The number of nitrogens with zero attached hydrogens (tertiary/aromatic N) is 1. The molecule has 1 fully saturated rings. The lowest BCUT2D eigenvalue weighted by molar-refractivity contribution is -0.115. The minimum absolute atomic E-state index is 0.0602. The maximum atomic E-state index is 12.1. The van der Waals surface area contributed by atoms with Crippen LogP contribution in [0.5, 0.6) is 11.5 Å². The van der Waals surface area contributed by atoms with Crippen molar-refractivity contribution in [2.45, 2.75) is 6.92 Å². The van der Waals surface area contributed by atoms with Crippen LogP contribution in [0.25, 0.3) is 6.08 Å². The lowest BCUT2D eigenvalue weighted by Gasteiger charge is -2.03. The number of hydrogen-bond acceptors (Lipinski definition) is 5. The van der Waals surface area contributed by atoms with Crippen molar-refractivity contribution in [1.29, 1.82) is 0 Å². The Hall–Kier alpha value is -2.73. The number of thioether (sulfide) groups is 1. The first-order valence-electron chi connectivity index (χ1n) is 7.29. The van der Waals surface area contributed by atoms with Crippen molar-refractivity contribution in [2.24, 2.45) is 4.99 Å². The molecule has 2 aromatic carbocycles. The van der Waals surface area contributed by atoms with Gasteiger partial charge in [-0.05, 0) is 54.1 Å². The predicted molar refractivity (Wildman–Crippen MR) is 96.6 cm³/mol. The number of carbonyl (C=O) groups is 1. The van der Waals surface area contributed by atoms with Gasteiger partial charge in [0.1, 0.15) is 0 Å². The molecule has 24 heavy (non-hydrogen) atoms. The summed E-state index contributed by atoms with van der Waals surface area (Å²) in [6, 6.07) is 12.7. The van der Waals surface area contributed by atoms with E-state index in [0.29, 0.717) is 15.8 Å². The highest BCUT2D eigenvalue weighted by Crippen LogP contribution is 2.31. The normalized spacial score (nSPS) is 17.3. The van der Waals surface area contributed by atoms with Crippen molar-refractivity contribution in [2.75, 3.05) is 7.11 Å². The zero-order valence-electron chi connectivity index (χ0n) is 13.2. The van der Waals surface area contributed by atoms with Gasteiger partial charge >= 0.3 is 0 Å². The van der Waals surface area contributed by atoms with E-state index in [0.717, 1.165) is 16.8 Å². The van der Waals surface area contributed by atoms with E-state index in [2.05, 4.69) is 10.3 Å². The summed E-state index contributed by atoms with van der Waals surface area (Å²) in [5.41, 5.74) is 2.63. The Labute approximate surface area is 144 Å². The van der Waals surface area contributed by atoms with Gasteiger partial charge in [0.15, 0.2) is 16.7 Å². The number of aliphatic imine (C=N–C) groups is 1. The number of aryl methyl sites for hydroxylation is 1. The van der Waals surface area contributed by atoms with E-state index >= 15 is 0 Å². The Morgan fingerprint density at radius 2 is 2.04 bits per heavy atom. The lowest BCUT2D eigenvalue weighted by atomic mass is 10.2. The van der Waals surface area contributed by atoms with Crippen molar-refractivity contribution in [3.8, 4) is 11.5 Å². The van der Waals surface area contributed by atoms with E-state index in [1.807, 2.05) is 31.2 Å². The highest BCUT2D eigenvalue weighted by Gasteiger charge is 2.24. The maximum absolute atomic E-state index is 12.1. The van der Waals surface area contributed by atoms with Gasteiger partial charge in [0, 0.05) is 0 Å². The number of aromatic hydroxyl groups is 1. The molecule has 1 aliphatic rings. The van der Waals surface area contributed by atoms with Gasteiger partial charge in [-0.1, -0.05) is 24.3 Å². The van der Waals surface area contributed by atoms with Crippen LogP contribution in [0.3, 0.4) is 0 Å². The summed E-state index contributed by atoms with van der Waals surface area (Å²) in [5, 5.41) is 12.9. The number of nitrogens with one attached hydrogen (secondary N) is 1. The third kappa shape index (κ3) is 3.44. The number of amides is 1. The molecule has 0 unspecified atom stereocenters. The Kier molecular flexibility index (Phi) is 4.57. The van der Waals surface area contributed by atoms with Crippen LogP contribution in [0.1, 0.15) is 11.1 Å².